The topological polar surface area (TPSA) is 90.1 Å². The van der Waals surface area contributed by atoms with Crippen LogP contribution in [0.25, 0.3) is 11.0 Å². The summed E-state index contributed by atoms with van der Waals surface area (Å²) < 4.78 is 8.42. The Balaban J connectivity index is 0.000000880. The lowest BCUT2D eigenvalue weighted by Gasteiger charge is -2.10. The Bertz CT molecular complexity index is 957. The predicted molar refractivity (Wildman–Crippen MR) is 106 cm³/mol. The van der Waals surface area contributed by atoms with Crippen molar-refractivity contribution in [2.75, 3.05) is 4.72 Å². The zero-order valence-electron chi connectivity index (χ0n) is 13.8. The molecule has 0 saturated carbocycles. The van der Waals surface area contributed by atoms with Crippen molar-refractivity contribution in [3.05, 3.63) is 46.4 Å². The molecule has 2 aromatic carbocycles. The van der Waals surface area contributed by atoms with Crippen molar-refractivity contribution in [1.82, 2.24) is 9.97 Å². The number of aromatic amines is 2. The number of hydrogen-bond donors (Lipinski definition) is 5. The normalized spacial score (nSPS) is 12.7. The fourth-order valence-electron chi connectivity index (χ4n) is 2.53. The van der Waals surface area contributed by atoms with Crippen molar-refractivity contribution >= 4 is 53.9 Å². The van der Waals surface area contributed by atoms with E-state index in [0.29, 0.717) is 6.61 Å². The molecule has 9 heteroatoms. The Morgan fingerprint density at radius 2 is 2.00 bits per heavy atom. The summed E-state index contributed by atoms with van der Waals surface area (Å²) in [5.74, 6) is 0. The van der Waals surface area contributed by atoms with Crippen molar-refractivity contribution < 1.29 is 9.68 Å². The SMILES string of the molecule is CC.O=c1[nH]c2ccc(SNc3cc4c(cc3S)COB4O)cc2[nH]1. The molecule has 1 aliphatic heterocycles. The number of fused-ring (bicyclic) bond motifs is 2. The van der Waals surface area contributed by atoms with Crippen LogP contribution < -0.4 is 15.9 Å². The Kier molecular flexibility index (Phi) is 5.48. The number of rotatable bonds is 3. The van der Waals surface area contributed by atoms with Crippen LogP contribution in [0.4, 0.5) is 5.69 Å². The molecular weight excluding hydrogens is 357 g/mol. The van der Waals surface area contributed by atoms with Crippen LogP contribution in [-0.2, 0) is 11.3 Å². The van der Waals surface area contributed by atoms with Gasteiger partial charge in [0.25, 0.3) is 0 Å². The lowest BCUT2D eigenvalue weighted by molar-refractivity contribution is 0.275. The molecule has 0 bridgehead atoms. The molecule has 1 aliphatic rings. The summed E-state index contributed by atoms with van der Waals surface area (Å²) in [5.41, 5.74) is 3.81. The molecule has 0 fully saturated rings. The summed E-state index contributed by atoms with van der Waals surface area (Å²) in [7, 11) is -0.884. The minimum absolute atomic E-state index is 0.222. The van der Waals surface area contributed by atoms with E-state index in [4.69, 9.17) is 4.65 Å². The van der Waals surface area contributed by atoms with Gasteiger partial charge in [-0.15, -0.1) is 12.6 Å². The second-order valence-electron chi connectivity index (χ2n) is 5.22. The Hall–Kier alpha value is -1.81. The van der Waals surface area contributed by atoms with E-state index in [1.807, 2.05) is 44.2 Å². The van der Waals surface area contributed by atoms with Gasteiger partial charge in [0.15, 0.2) is 0 Å². The fraction of sp³-hybridized carbons (Fsp3) is 0.188. The van der Waals surface area contributed by atoms with Gasteiger partial charge in [-0.2, -0.15) is 0 Å². The third-order valence-corrected chi connectivity index (χ3v) is 4.87. The van der Waals surface area contributed by atoms with E-state index in [1.165, 1.54) is 11.9 Å². The van der Waals surface area contributed by atoms with Crippen LogP contribution in [0, 0.1) is 0 Å². The maximum Gasteiger partial charge on any atom is 0.491 e. The van der Waals surface area contributed by atoms with Crippen LogP contribution in [0.5, 0.6) is 0 Å². The van der Waals surface area contributed by atoms with E-state index < -0.39 is 7.12 Å². The zero-order valence-corrected chi connectivity index (χ0v) is 15.5. The highest BCUT2D eigenvalue weighted by Crippen LogP contribution is 2.29. The van der Waals surface area contributed by atoms with Crippen LogP contribution in [-0.4, -0.2) is 22.1 Å². The molecule has 2 heterocycles. The number of thiol groups is 1. The van der Waals surface area contributed by atoms with E-state index in [-0.39, 0.29) is 5.69 Å². The number of hydrogen-bond acceptors (Lipinski definition) is 6. The summed E-state index contributed by atoms with van der Waals surface area (Å²) in [4.78, 5) is 18.4. The summed E-state index contributed by atoms with van der Waals surface area (Å²) in [5, 5.41) is 9.78. The third-order valence-electron chi connectivity index (χ3n) is 3.69. The number of imidazole rings is 1. The van der Waals surface area contributed by atoms with Crippen molar-refractivity contribution in [3.63, 3.8) is 0 Å². The molecule has 0 aliphatic carbocycles. The molecule has 25 heavy (non-hydrogen) atoms. The minimum atomic E-state index is -0.884. The highest BCUT2D eigenvalue weighted by molar-refractivity contribution is 8.00. The van der Waals surface area contributed by atoms with Crippen LogP contribution in [0.2, 0.25) is 0 Å². The molecule has 0 spiro atoms. The van der Waals surface area contributed by atoms with Crippen LogP contribution in [0.3, 0.4) is 0 Å². The van der Waals surface area contributed by atoms with Gasteiger partial charge in [0.05, 0.1) is 23.3 Å². The fourth-order valence-corrected chi connectivity index (χ4v) is 3.59. The van der Waals surface area contributed by atoms with E-state index >= 15 is 0 Å². The number of nitrogens with one attached hydrogen (secondary N) is 3. The van der Waals surface area contributed by atoms with Gasteiger partial charge in [0.1, 0.15) is 0 Å². The highest BCUT2D eigenvalue weighted by Gasteiger charge is 2.28. The van der Waals surface area contributed by atoms with Gasteiger partial charge in [-0.3, -0.25) is 0 Å². The molecular formula is C16H18BN3O3S2. The monoisotopic (exact) mass is 375 g/mol. The zero-order chi connectivity index (χ0) is 18.0. The average Bonchev–Trinajstić information content (AvgIpc) is 3.16. The van der Waals surface area contributed by atoms with Gasteiger partial charge in [-0.05, 0) is 53.3 Å². The number of benzene rings is 2. The maximum atomic E-state index is 11.3. The lowest BCUT2D eigenvalue weighted by Crippen LogP contribution is -2.28. The Morgan fingerprint density at radius 1 is 1.24 bits per heavy atom. The van der Waals surface area contributed by atoms with Gasteiger partial charge in [-0.25, -0.2) is 4.79 Å². The van der Waals surface area contributed by atoms with Crippen LogP contribution in [0.15, 0.2) is 44.9 Å². The maximum absolute atomic E-state index is 11.3. The second-order valence-corrected chi connectivity index (χ2v) is 6.58. The van der Waals surface area contributed by atoms with Crippen molar-refractivity contribution in [1.29, 1.82) is 0 Å². The van der Waals surface area contributed by atoms with Crippen molar-refractivity contribution in [3.8, 4) is 0 Å². The first-order valence-electron chi connectivity index (χ1n) is 7.90. The van der Waals surface area contributed by atoms with Crippen molar-refractivity contribution in [2.45, 2.75) is 30.2 Å². The smallest absolute Gasteiger partial charge is 0.423 e. The molecule has 3 aromatic rings. The van der Waals surface area contributed by atoms with E-state index in [0.717, 1.165) is 37.5 Å². The van der Waals surface area contributed by atoms with Gasteiger partial charge in [-0.1, -0.05) is 13.8 Å². The van der Waals surface area contributed by atoms with Crippen molar-refractivity contribution in [2.24, 2.45) is 0 Å². The highest BCUT2D eigenvalue weighted by atomic mass is 32.2. The minimum Gasteiger partial charge on any atom is -0.423 e. The Labute approximate surface area is 155 Å². The summed E-state index contributed by atoms with van der Waals surface area (Å²) >= 11 is 5.87. The quantitative estimate of drug-likeness (QED) is 0.276. The third kappa shape index (κ3) is 3.74. The van der Waals surface area contributed by atoms with Gasteiger partial charge in [0, 0.05) is 9.79 Å². The molecule has 130 valence electrons. The number of H-pyrrole nitrogens is 2. The molecule has 6 nitrogen and oxygen atoms in total. The molecule has 0 saturated heterocycles. The standard InChI is InChI=1S/C14H12BN3O3S2.C2H6/c19-14-16-10-2-1-8(4-11(10)17-14)23-18-12-5-9-7(3-13(12)22)6-21-15(9)20;1-2/h1-5,18,20,22H,6H2,(H2,16,17,19);1-2H3. The first-order chi connectivity index (χ1) is 12.1. The van der Waals surface area contributed by atoms with Gasteiger partial charge >= 0.3 is 12.8 Å². The Morgan fingerprint density at radius 3 is 2.80 bits per heavy atom. The van der Waals surface area contributed by atoms with Gasteiger partial charge in [0.2, 0.25) is 0 Å². The van der Waals surface area contributed by atoms with E-state index in [2.05, 4.69) is 27.3 Å². The molecule has 0 unspecified atom stereocenters. The first kappa shape index (κ1) is 18.0. The molecule has 0 radical (unpaired) electrons. The van der Waals surface area contributed by atoms with Crippen LogP contribution >= 0.6 is 24.6 Å². The molecule has 4 N–H and O–H groups in total. The summed E-state index contributed by atoms with van der Waals surface area (Å²) in [6.45, 7) is 4.40. The summed E-state index contributed by atoms with van der Waals surface area (Å²) in [6, 6.07) is 9.38. The van der Waals surface area contributed by atoms with E-state index in [9.17, 15) is 9.82 Å². The largest absolute Gasteiger partial charge is 0.491 e. The second kappa shape index (κ2) is 7.61. The molecule has 4 rings (SSSR count). The molecule has 0 amide bonds. The number of anilines is 1. The molecule has 1 aromatic heterocycles. The summed E-state index contributed by atoms with van der Waals surface area (Å²) in [6.07, 6.45) is 0. The molecule has 0 atom stereocenters. The van der Waals surface area contributed by atoms with Crippen LogP contribution in [0.1, 0.15) is 19.4 Å². The van der Waals surface area contributed by atoms with Gasteiger partial charge < -0.3 is 24.4 Å². The lowest BCUT2D eigenvalue weighted by atomic mass is 9.79. The first-order valence-corrected chi connectivity index (χ1v) is 9.17. The predicted octanol–water partition coefficient (Wildman–Crippen LogP) is 2.51. The average molecular weight is 375 g/mol. The van der Waals surface area contributed by atoms with E-state index in [1.54, 1.807) is 0 Å². The number of aromatic nitrogens is 2.